The predicted molar refractivity (Wildman–Crippen MR) is 113 cm³/mol. The standard InChI is InChI=1S/C22H25ClN4/c1-14-4-3-5-18(15(14)2)19-12-20(26-21(24)25-19)27-22(10-11-22)13-16-6-8-17(23)9-7-16/h3-9,12,21,25H,10-11,13,24H2,1-2H3,(H,26,27). The van der Waals surface area contributed by atoms with E-state index < -0.39 is 6.29 Å². The van der Waals surface area contributed by atoms with Crippen LogP contribution < -0.4 is 16.4 Å². The molecule has 2 aliphatic rings. The number of amidine groups is 1. The van der Waals surface area contributed by atoms with Crippen molar-refractivity contribution >= 4 is 23.1 Å². The molecular weight excluding hydrogens is 356 g/mol. The Bertz CT molecular complexity index is 910. The minimum atomic E-state index is -0.446. The second kappa shape index (κ2) is 7.02. The highest BCUT2D eigenvalue weighted by Crippen LogP contribution is 2.39. The third kappa shape index (κ3) is 4.02. The van der Waals surface area contributed by atoms with Gasteiger partial charge in [0, 0.05) is 27.9 Å². The smallest absolute Gasteiger partial charge is 0.173 e. The molecule has 0 saturated heterocycles. The molecule has 0 aromatic heterocycles. The van der Waals surface area contributed by atoms with Crippen LogP contribution in [0.2, 0.25) is 5.02 Å². The van der Waals surface area contributed by atoms with Crippen molar-refractivity contribution in [2.45, 2.75) is 44.9 Å². The van der Waals surface area contributed by atoms with Gasteiger partial charge in [0.25, 0.3) is 0 Å². The Morgan fingerprint density at radius 3 is 2.63 bits per heavy atom. The maximum absolute atomic E-state index is 6.16. The lowest BCUT2D eigenvalue weighted by molar-refractivity contribution is 0.581. The molecule has 5 heteroatoms. The third-order valence-electron chi connectivity index (χ3n) is 5.46. The van der Waals surface area contributed by atoms with Crippen molar-refractivity contribution in [2.75, 3.05) is 0 Å². The van der Waals surface area contributed by atoms with E-state index in [1.165, 1.54) is 22.3 Å². The molecule has 4 N–H and O–H groups in total. The highest BCUT2D eigenvalue weighted by atomic mass is 35.5. The van der Waals surface area contributed by atoms with Crippen molar-refractivity contribution in [3.63, 3.8) is 0 Å². The molecule has 1 saturated carbocycles. The Kier molecular flexibility index (Phi) is 4.70. The van der Waals surface area contributed by atoms with Crippen LogP contribution in [0.4, 0.5) is 0 Å². The zero-order chi connectivity index (χ0) is 19.0. The van der Waals surface area contributed by atoms with Crippen molar-refractivity contribution in [1.82, 2.24) is 10.6 Å². The normalized spacial score (nSPS) is 20.4. The highest BCUT2D eigenvalue weighted by Gasteiger charge is 2.43. The Hall–Kier alpha value is -2.30. The van der Waals surface area contributed by atoms with Gasteiger partial charge in [0.15, 0.2) is 6.29 Å². The van der Waals surface area contributed by atoms with Gasteiger partial charge in [-0.1, -0.05) is 41.9 Å². The molecule has 0 spiro atoms. The first-order valence-electron chi connectivity index (χ1n) is 9.35. The number of halogens is 1. The summed E-state index contributed by atoms with van der Waals surface area (Å²) in [6, 6.07) is 14.4. The summed E-state index contributed by atoms with van der Waals surface area (Å²) in [5.41, 5.74) is 12.2. The van der Waals surface area contributed by atoms with E-state index in [0.29, 0.717) is 0 Å². The summed E-state index contributed by atoms with van der Waals surface area (Å²) in [5, 5.41) is 7.71. The highest BCUT2D eigenvalue weighted by molar-refractivity contribution is 6.30. The van der Waals surface area contributed by atoms with Gasteiger partial charge in [-0.25, -0.2) is 4.99 Å². The van der Waals surface area contributed by atoms with Gasteiger partial charge in [-0.15, -0.1) is 0 Å². The topological polar surface area (TPSA) is 62.4 Å². The average Bonchev–Trinajstić information content (AvgIpc) is 3.38. The number of hydrogen-bond acceptors (Lipinski definition) is 4. The summed E-state index contributed by atoms with van der Waals surface area (Å²) < 4.78 is 0. The lowest BCUT2D eigenvalue weighted by Gasteiger charge is -2.26. The number of nitrogens with zero attached hydrogens (tertiary/aromatic N) is 1. The Balaban J connectivity index is 1.55. The molecule has 0 radical (unpaired) electrons. The van der Waals surface area contributed by atoms with Gasteiger partial charge in [0.1, 0.15) is 5.84 Å². The lowest BCUT2D eigenvalue weighted by Crippen LogP contribution is -2.45. The largest absolute Gasteiger partial charge is 0.364 e. The van der Waals surface area contributed by atoms with Gasteiger partial charge >= 0.3 is 0 Å². The predicted octanol–water partition coefficient (Wildman–Crippen LogP) is 3.91. The molecule has 27 heavy (non-hydrogen) atoms. The number of benzene rings is 2. The monoisotopic (exact) mass is 380 g/mol. The molecule has 4 rings (SSSR count). The van der Waals surface area contributed by atoms with E-state index >= 15 is 0 Å². The van der Waals surface area contributed by atoms with E-state index in [4.69, 9.17) is 17.3 Å². The van der Waals surface area contributed by atoms with E-state index in [-0.39, 0.29) is 5.54 Å². The number of aliphatic imine (C=N–C) groups is 1. The van der Waals surface area contributed by atoms with E-state index in [1.54, 1.807) is 0 Å². The molecular formula is C22H25ClN4. The zero-order valence-electron chi connectivity index (χ0n) is 15.7. The molecule has 1 aliphatic carbocycles. The van der Waals surface area contributed by atoms with Crippen LogP contribution in [0.3, 0.4) is 0 Å². The molecule has 1 atom stereocenters. The van der Waals surface area contributed by atoms with Crippen LogP contribution in [0.15, 0.2) is 53.5 Å². The minimum absolute atomic E-state index is 0.0625. The summed E-state index contributed by atoms with van der Waals surface area (Å²) in [6.07, 6.45) is 4.85. The maximum Gasteiger partial charge on any atom is 0.173 e. The van der Waals surface area contributed by atoms with Crippen LogP contribution >= 0.6 is 11.6 Å². The van der Waals surface area contributed by atoms with Gasteiger partial charge in [0.2, 0.25) is 0 Å². The number of hydrogen-bond donors (Lipinski definition) is 3. The van der Waals surface area contributed by atoms with Gasteiger partial charge < -0.3 is 10.6 Å². The fourth-order valence-corrected chi connectivity index (χ4v) is 3.71. The fraction of sp³-hybridized carbons (Fsp3) is 0.318. The van der Waals surface area contributed by atoms with Crippen LogP contribution in [-0.4, -0.2) is 17.7 Å². The van der Waals surface area contributed by atoms with E-state index in [1.807, 2.05) is 12.1 Å². The molecule has 1 fully saturated rings. The molecule has 0 amide bonds. The molecule has 1 aliphatic heterocycles. The zero-order valence-corrected chi connectivity index (χ0v) is 16.5. The second-order valence-corrected chi connectivity index (χ2v) is 8.05. The molecule has 2 aromatic rings. The second-order valence-electron chi connectivity index (χ2n) is 7.62. The van der Waals surface area contributed by atoms with E-state index in [9.17, 15) is 0 Å². The number of aryl methyl sites for hydroxylation is 1. The fourth-order valence-electron chi connectivity index (χ4n) is 3.59. The minimum Gasteiger partial charge on any atom is -0.364 e. The van der Waals surface area contributed by atoms with Gasteiger partial charge in [-0.05, 0) is 61.9 Å². The maximum atomic E-state index is 6.16. The van der Waals surface area contributed by atoms with Crippen molar-refractivity contribution in [3.8, 4) is 0 Å². The summed E-state index contributed by atoms with van der Waals surface area (Å²) >= 11 is 6.00. The number of rotatable bonds is 4. The van der Waals surface area contributed by atoms with Crippen LogP contribution in [0.1, 0.15) is 35.1 Å². The molecule has 4 nitrogen and oxygen atoms in total. The van der Waals surface area contributed by atoms with E-state index in [0.717, 1.165) is 35.8 Å². The first-order valence-corrected chi connectivity index (χ1v) is 9.73. The Labute approximate surface area is 165 Å². The summed E-state index contributed by atoms with van der Waals surface area (Å²) in [7, 11) is 0. The summed E-state index contributed by atoms with van der Waals surface area (Å²) in [4.78, 5) is 4.57. The molecule has 140 valence electrons. The van der Waals surface area contributed by atoms with Crippen molar-refractivity contribution in [3.05, 3.63) is 75.8 Å². The van der Waals surface area contributed by atoms with Crippen LogP contribution in [0.25, 0.3) is 5.70 Å². The Morgan fingerprint density at radius 2 is 1.93 bits per heavy atom. The molecule has 2 aromatic carbocycles. The van der Waals surface area contributed by atoms with Crippen LogP contribution in [0, 0.1) is 13.8 Å². The molecule has 1 heterocycles. The van der Waals surface area contributed by atoms with Gasteiger partial charge in [-0.2, -0.15) is 0 Å². The van der Waals surface area contributed by atoms with E-state index in [2.05, 4.69) is 65.9 Å². The molecule has 0 bridgehead atoms. The van der Waals surface area contributed by atoms with Crippen molar-refractivity contribution in [1.29, 1.82) is 0 Å². The molecule has 1 unspecified atom stereocenters. The van der Waals surface area contributed by atoms with Crippen molar-refractivity contribution < 1.29 is 0 Å². The van der Waals surface area contributed by atoms with Gasteiger partial charge in [0.05, 0.1) is 0 Å². The summed E-state index contributed by atoms with van der Waals surface area (Å²) in [6.45, 7) is 4.27. The summed E-state index contributed by atoms with van der Waals surface area (Å²) in [5.74, 6) is 0.851. The lowest BCUT2D eigenvalue weighted by atomic mass is 9.99. The average molecular weight is 381 g/mol. The Morgan fingerprint density at radius 1 is 1.19 bits per heavy atom. The van der Waals surface area contributed by atoms with Gasteiger partial charge in [-0.3, -0.25) is 5.73 Å². The SMILES string of the molecule is Cc1cccc(C2=CC(NC3(Cc4ccc(Cl)cc4)CC3)=NC(N)N2)c1C. The first kappa shape index (κ1) is 18.1. The first-order chi connectivity index (χ1) is 12.9. The van der Waals surface area contributed by atoms with Crippen LogP contribution in [0.5, 0.6) is 0 Å². The third-order valence-corrected chi connectivity index (χ3v) is 5.71. The quantitative estimate of drug-likeness (QED) is 0.753. The number of nitrogens with two attached hydrogens (primary N) is 1. The van der Waals surface area contributed by atoms with Crippen LogP contribution in [-0.2, 0) is 6.42 Å². The van der Waals surface area contributed by atoms with Crippen molar-refractivity contribution in [2.24, 2.45) is 10.7 Å². The number of nitrogens with one attached hydrogen (secondary N) is 2.